The van der Waals surface area contributed by atoms with Crippen LogP contribution < -0.4 is 10.6 Å². The second-order valence-corrected chi connectivity index (χ2v) is 4.87. The summed E-state index contributed by atoms with van der Waals surface area (Å²) in [6, 6.07) is 18.8. The lowest BCUT2D eigenvalue weighted by Crippen LogP contribution is -2.23. The smallest absolute Gasteiger partial charge is 0.174 e. The molecule has 0 aliphatic heterocycles. The minimum atomic E-state index is 0.596. The van der Waals surface area contributed by atoms with Crippen molar-refractivity contribution in [3.8, 4) is 0 Å². The van der Waals surface area contributed by atoms with Crippen LogP contribution in [0.4, 0.5) is 5.69 Å². The monoisotopic (exact) mass is 282 g/mol. The van der Waals surface area contributed by atoms with E-state index in [4.69, 9.17) is 12.2 Å². The molecule has 0 atom stereocenters. The predicted octanol–water partition coefficient (Wildman–Crippen LogP) is 4.10. The van der Waals surface area contributed by atoms with Gasteiger partial charge >= 0.3 is 0 Å². The molecule has 2 aromatic rings. The lowest BCUT2D eigenvalue weighted by Gasteiger charge is -2.08. The highest BCUT2D eigenvalue weighted by Crippen LogP contribution is 2.13. The molecule has 0 saturated heterocycles. The van der Waals surface area contributed by atoms with Gasteiger partial charge in [0.1, 0.15) is 0 Å². The summed E-state index contributed by atoms with van der Waals surface area (Å²) in [5.41, 5.74) is 3.59. The van der Waals surface area contributed by atoms with Gasteiger partial charge in [0.05, 0.1) is 0 Å². The molecule has 0 amide bonds. The van der Waals surface area contributed by atoms with Gasteiger partial charge in [-0.1, -0.05) is 48.5 Å². The number of benzene rings is 2. The van der Waals surface area contributed by atoms with Gasteiger partial charge in [0.25, 0.3) is 0 Å². The van der Waals surface area contributed by atoms with Crippen LogP contribution in [0.25, 0.3) is 0 Å². The third kappa shape index (κ3) is 4.52. The van der Waals surface area contributed by atoms with Crippen LogP contribution in [0.15, 0.2) is 66.9 Å². The summed E-state index contributed by atoms with van der Waals surface area (Å²) in [6.45, 7) is 1.94. The Hall–Kier alpha value is -2.13. The van der Waals surface area contributed by atoms with Crippen molar-refractivity contribution in [1.82, 2.24) is 5.32 Å². The van der Waals surface area contributed by atoms with Gasteiger partial charge < -0.3 is 10.6 Å². The fourth-order valence-corrected chi connectivity index (χ4v) is 2.05. The molecule has 2 rings (SSSR count). The molecule has 2 aromatic carbocycles. The Morgan fingerprint density at radius 3 is 2.30 bits per heavy atom. The molecule has 0 bridgehead atoms. The van der Waals surface area contributed by atoms with Crippen molar-refractivity contribution in [3.05, 3.63) is 78.0 Å². The highest BCUT2D eigenvalue weighted by Gasteiger charge is 1.98. The summed E-state index contributed by atoms with van der Waals surface area (Å²) in [5, 5.41) is 6.71. The number of hydrogen-bond donors (Lipinski definition) is 2. The van der Waals surface area contributed by atoms with Crippen molar-refractivity contribution in [2.45, 2.75) is 13.3 Å². The fourth-order valence-electron chi connectivity index (χ4n) is 1.86. The van der Waals surface area contributed by atoms with E-state index in [2.05, 4.69) is 47.0 Å². The zero-order valence-electron chi connectivity index (χ0n) is 11.5. The maximum Gasteiger partial charge on any atom is 0.174 e. The summed E-state index contributed by atoms with van der Waals surface area (Å²) in [6.07, 6.45) is 4.65. The summed E-state index contributed by atoms with van der Waals surface area (Å²) in [4.78, 5) is 0. The molecule has 20 heavy (non-hydrogen) atoms. The van der Waals surface area contributed by atoms with Crippen molar-refractivity contribution in [2.24, 2.45) is 0 Å². The van der Waals surface area contributed by atoms with Crippen LogP contribution in [0.2, 0.25) is 0 Å². The Morgan fingerprint density at radius 1 is 1.00 bits per heavy atom. The van der Waals surface area contributed by atoms with Crippen molar-refractivity contribution < 1.29 is 0 Å². The standard InChI is InChI=1S/C17H18N2S/c1-2-12-18-17(20)19-16-10-8-15(9-11-16)13-14-6-4-3-5-7-14/h2-12H,13H2,1H3,(H2,18,19,20). The Kier molecular flexibility index (Phi) is 5.33. The van der Waals surface area contributed by atoms with Gasteiger partial charge in [-0.25, -0.2) is 0 Å². The first-order chi connectivity index (χ1) is 9.78. The van der Waals surface area contributed by atoms with Crippen LogP contribution in [-0.2, 0) is 6.42 Å². The number of anilines is 1. The average molecular weight is 282 g/mol. The van der Waals surface area contributed by atoms with Gasteiger partial charge in [0, 0.05) is 5.69 Å². The van der Waals surface area contributed by atoms with Crippen LogP contribution in [-0.4, -0.2) is 5.11 Å². The molecule has 0 fully saturated rings. The fraction of sp³-hybridized carbons (Fsp3) is 0.118. The first kappa shape index (κ1) is 14.3. The second kappa shape index (κ2) is 7.46. The zero-order chi connectivity index (χ0) is 14.2. The lowest BCUT2D eigenvalue weighted by atomic mass is 10.1. The predicted molar refractivity (Wildman–Crippen MR) is 89.9 cm³/mol. The van der Waals surface area contributed by atoms with Crippen LogP contribution in [0.1, 0.15) is 18.1 Å². The minimum absolute atomic E-state index is 0.596. The van der Waals surface area contributed by atoms with E-state index in [0.29, 0.717) is 5.11 Å². The largest absolute Gasteiger partial charge is 0.339 e. The summed E-state index contributed by atoms with van der Waals surface area (Å²) < 4.78 is 0. The molecule has 102 valence electrons. The van der Waals surface area contributed by atoms with Crippen LogP contribution >= 0.6 is 12.2 Å². The van der Waals surface area contributed by atoms with Gasteiger partial charge in [-0.05, 0) is 55.0 Å². The summed E-state index contributed by atoms with van der Waals surface area (Å²) in [7, 11) is 0. The lowest BCUT2D eigenvalue weighted by molar-refractivity contribution is 1.19. The first-order valence-electron chi connectivity index (χ1n) is 6.59. The topological polar surface area (TPSA) is 24.1 Å². The second-order valence-electron chi connectivity index (χ2n) is 4.46. The van der Waals surface area contributed by atoms with E-state index in [-0.39, 0.29) is 0 Å². The van der Waals surface area contributed by atoms with E-state index in [0.717, 1.165) is 12.1 Å². The quantitative estimate of drug-likeness (QED) is 0.826. The molecule has 0 aliphatic rings. The molecule has 2 N–H and O–H groups in total. The minimum Gasteiger partial charge on any atom is -0.339 e. The molecule has 0 spiro atoms. The van der Waals surface area contributed by atoms with Gasteiger partial charge in [0.15, 0.2) is 5.11 Å². The van der Waals surface area contributed by atoms with Crippen LogP contribution in [0.3, 0.4) is 0 Å². The van der Waals surface area contributed by atoms with Crippen molar-refractivity contribution in [1.29, 1.82) is 0 Å². The average Bonchev–Trinajstić information content (AvgIpc) is 2.48. The van der Waals surface area contributed by atoms with E-state index >= 15 is 0 Å². The highest BCUT2D eigenvalue weighted by molar-refractivity contribution is 7.80. The maximum atomic E-state index is 5.17. The van der Waals surface area contributed by atoms with Gasteiger partial charge in [0.2, 0.25) is 0 Å². The van der Waals surface area contributed by atoms with Gasteiger partial charge in [-0.15, -0.1) is 0 Å². The van der Waals surface area contributed by atoms with E-state index < -0.39 is 0 Å². The highest BCUT2D eigenvalue weighted by atomic mass is 32.1. The summed E-state index contributed by atoms with van der Waals surface area (Å²) in [5.74, 6) is 0. The van der Waals surface area contributed by atoms with Gasteiger partial charge in [-0.3, -0.25) is 0 Å². The van der Waals surface area contributed by atoms with Gasteiger partial charge in [-0.2, -0.15) is 0 Å². The van der Waals surface area contributed by atoms with Crippen LogP contribution in [0, 0.1) is 0 Å². The Bertz CT molecular complexity index is 574. The molecule has 2 nitrogen and oxygen atoms in total. The molecule has 3 heteroatoms. The molecule has 0 aliphatic carbocycles. The Morgan fingerprint density at radius 2 is 1.65 bits per heavy atom. The third-order valence-corrected chi connectivity index (χ3v) is 3.06. The number of nitrogens with one attached hydrogen (secondary N) is 2. The summed E-state index contributed by atoms with van der Waals surface area (Å²) >= 11 is 5.17. The first-order valence-corrected chi connectivity index (χ1v) is 7.00. The van der Waals surface area contributed by atoms with E-state index in [9.17, 15) is 0 Å². The van der Waals surface area contributed by atoms with E-state index in [1.807, 2.05) is 31.2 Å². The van der Waals surface area contributed by atoms with Crippen molar-refractivity contribution in [2.75, 3.05) is 5.32 Å². The zero-order valence-corrected chi connectivity index (χ0v) is 12.3. The molecular weight excluding hydrogens is 264 g/mol. The molecule has 0 unspecified atom stereocenters. The van der Waals surface area contributed by atoms with E-state index in [1.54, 1.807) is 6.20 Å². The molecule has 0 aromatic heterocycles. The van der Waals surface area contributed by atoms with E-state index in [1.165, 1.54) is 11.1 Å². The molecule has 0 radical (unpaired) electrons. The molecule has 0 saturated carbocycles. The Balaban J connectivity index is 1.94. The van der Waals surface area contributed by atoms with Crippen molar-refractivity contribution >= 4 is 23.0 Å². The SMILES string of the molecule is CC=CNC(=S)Nc1ccc(Cc2ccccc2)cc1. The normalized spacial score (nSPS) is 10.4. The van der Waals surface area contributed by atoms with Crippen LogP contribution in [0.5, 0.6) is 0 Å². The Labute approximate surface area is 125 Å². The maximum absolute atomic E-state index is 5.17. The van der Waals surface area contributed by atoms with Crippen molar-refractivity contribution in [3.63, 3.8) is 0 Å². The number of thiocarbonyl (C=S) groups is 1. The molecule has 0 heterocycles. The number of hydrogen-bond acceptors (Lipinski definition) is 1. The number of allylic oxidation sites excluding steroid dienone is 1. The molecular formula is C17H18N2S. The number of rotatable bonds is 4. The third-order valence-electron chi connectivity index (χ3n) is 2.84.